The molecule has 0 aromatic heterocycles. The molecule has 20 heavy (non-hydrogen) atoms. The van der Waals surface area contributed by atoms with Crippen LogP contribution in [0.5, 0.6) is 11.5 Å². The van der Waals surface area contributed by atoms with Crippen molar-refractivity contribution in [2.24, 2.45) is 11.1 Å². The van der Waals surface area contributed by atoms with Crippen LogP contribution in [0.25, 0.3) is 0 Å². The number of aryl methyl sites for hydroxylation is 1. The normalized spacial score (nSPS) is 15.8. The average Bonchev–Trinajstić information content (AvgIpc) is 2.92. The number of rotatable bonds is 6. The fourth-order valence-corrected chi connectivity index (χ4v) is 2.23. The van der Waals surface area contributed by atoms with Gasteiger partial charge in [-0.1, -0.05) is 13.0 Å². The van der Waals surface area contributed by atoms with Crippen molar-refractivity contribution < 1.29 is 19.0 Å². The molecule has 2 rings (SSSR count). The van der Waals surface area contributed by atoms with E-state index in [9.17, 15) is 4.79 Å². The monoisotopic (exact) mass is 279 g/mol. The van der Waals surface area contributed by atoms with Crippen LogP contribution in [0.3, 0.4) is 0 Å². The van der Waals surface area contributed by atoms with E-state index in [-0.39, 0.29) is 18.2 Å². The first-order chi connectivity index (χ1) is 9.56. The smallest absolute Gasteiger partial charge is 0.306 e. The number of nitrogens with two attached hydrogens (primary N) is 1. The maximum absolute atomic E-state index is 11.4. The Morgan fingerprint density at radius 2 is 2.15 bits per heavy atom. The van der Waals surface area contributed by atoms with E-state index in [2.05, 4.69) is 0 Å². The molecule has 1 unspecified atom stereocenters. The van der Waals surface area contributed by atoms with Gasteiger partial charge in [-0.2, -0.15) is 0 Å². The van der Waals surface area contributed by atoms with Crippen molar-refractivity contribution in [2.75, 3.05) is 20.4 Å². The van der Waals surface area contributed by atoms with Gasteiger partial charge in [0.25, 0.3) is 0 Å². The fraction of sp³-hybridized carbons (Fsp3) is 0.533. The molecule has 0 aliphatic carbocycles. The van der Waals surface area contributed by atoms with Crippen molar-refractivity contribution in [3.8, 4) is 11.5 Å². The van der Waals surface area contributed by atoms with Crippen LogP contribution in [-0.4, -0.2) is 26.4 Å². The molecule has 5 heteroatoms. The number of esters is 1. The Morgan fingerprint density at radius 3 is 2.85 bits per heavy atom. The van der Waals surface area contributed by atoms with Gasteiger partial charge in [-0.05, 0) is 42.5 Å². The lowest BCUT2D eigenvalue weighted by Gasteiger charge is -2.26. The zero-order valence-corrected chi connectivity index (χ0v) is 12.0. The Labute approximate surface area is 119 Å². The third-order valence-electron chi connectivity index (χ3n) is 3.75. The van der Waals surface area contributed by atoms with E-state index in [1.165, 1.54) is 7.11 Å². The van der Waals surface area contributed by atoms with Gasteiger partial charge < -0.3 is 19.9 Å². The molecule has 1 aromatic rings. The van der Waals surface area contributed by atoms with E-state index >= 15 is 0 Å². The Balaban J connectivity index is 1.97. The number of fused-ring (bicyclic) bond motifs is 1. The van der Waals surface area contributed by atoms with Crippen LogP contribution in [0.1, 0.15) is 25.3 Å². The van der Waals surface area contributed by atoms with Crippen molar-refractivity contribution in [2.45, 2.75) is 26.2 Å². The predicted octanol–water partition coefficient (Wildman–Crippen LogP) is 1.88. The Morgan fingerprint density at radius 1 is 1.40 bits per heavy atom. The lowest BCUT2D eigenvalue weighted by molar-refractivity contribution is -0.143. The standard InChI is InChI=1S/C15H21NO4/c1-15(9-16,8-14(17)18-2)6-5-11-3-4-12-13(7-11)20-10-19-12/h3-4,7H,5-6,8-10,16H2,1-2H3. The molecule has 1 atom stereocenters. The highest BCUT2D eigenvalue weighted by atomic mass is 16.7. The minimum Gasteiger partial charge on any atom is -0.469 e. The summed E-state index contributed by atoms with van der Waals surface area (Å²) in [7, 11) is 1.40. The minimum atomic E-state index is -0.247. The number of hydrogen-bond acceptors (Lipinski definition) is 5. The molecule has 1 aliphatic heterocycles. The molecular weight excluding hydrogens is 258 g/mol. The van der Waals surface area contributed by atoms with Crippen molar-refractivity contribution in [3.05, 3.63) is 23.8 Å². The molecule has 0 spiro atoms. The lowest BCUT2D eigenvalue weighted by Crippen LogP contribution is -2.31. The van der Waals surface area contributed by atoms with E-state index in [4.69, 9.17) is 19.9 Å². The van der Waals surface area contributed by atoms with E-state index in [1.807, 2.05) is 25.1 Å². The summed E-state index contributed by atoms with van der Waals surface area (Å²) >= 11 is 0. The second-order valence-corrected chi connectivity index (χ2v) is 5.46. The number of ether oxygens (including phenoxy) is 3. The summed E-state index contributed by atoms with van der Waals surface area (Å²) in [4.78, 5) is 11.4. The summed E-state index contributed by atoms with van der Waals surface area (Å²) in [5.41, 5.74) is 6.72. The topological polar surface area (TPSA) is 70.8 Å². The molecular formula is C15H21NO4. The highest BCUT2D eigenvalue weighted by molar-refractivity contribution is 5.70. The van der Waals surface area contributed by atoms with Crippen LogP contribution in [0, 0.1) is 5.41 Å². The molecule has 1 aromatic carbocycles. The number of benzene rings is 1. The zero-order chi connectivity index (χ0) is 14.6. The van der Waals surface area contributed by atoms with E-state index in [0.717, 1.165) is 29.9 Å². The molecule has 0 amide bonds. The highest BCUT2D eigenvalue weighted by Gasteiger charge is 2.26. The van der Waals surface area contributed by atoms with Gasteiger partial charge in [0.1, 0.15) is 0 Å². The number of carbonyl (C=O) groups is 1. The first-order valence-corrected chi connectivity index (χ1v) is 6.72. The summed E-state index contributed by atoms with van der Waals surface area (Å²) in [6.07, 6.45) is 1.99. The molecule has 110 valence electrons. The molecule has 0 fully saturated rings. The quantitative estimate of drug-likeness (QED) is 0.805. The van der Waals surface area contributed by atoms with E-state index in [0.29, 0.717) is 13.0 Å². The van der Waals surface area contributed by atoms with Crippen molar-refractivity contribution in [1.29, 1.82) is 0 Å². The molecule has 1 heterocycles. The van der Waals surface area contributed by atoms with Gasteiger partial charge in [-0.25, -0.2) is 0 Å². The Bertz CT molecular complexity index is 489. The molecule has 5 nitrogen and oxygen atoms in total. The largest absolute Gasteiger partial charge is 0.469 e. The summed E-state index contributed by atoms with van der Waals surface area (Å²) in [5.74, 6) is 1.35. The second-order valence-electron chi connectivity index (χ2n) is 5.46. The van der Waals surface area contributed by atoms with Crippen LogP contribution in [0.2, 0.25) is 0 Å². The molecule has 2 N–H and O–H groups in total. The number of hydrogen-bond donors (Lipinski definition) is 1. The first kappa shape index (κ1) is 14.7. The third kappa shape index (κ3) is 3.42. The molecule has 0 saturated heterocycles. The third-order valence-corrected chi connectivity index (χ3v) is 3.75. The maximum atomic E-state index is 11.4. The fourth-order valence-electron chi connectivity index (χ4n) is 2.23. The van der Waals surface area contributed by atoms with Gasteiger partial charge in [-0.15, -0.1) is 0 Å². The van der Waals surface area contributed by atoms with Crippen LogP contribution >= 0.6 is 0 Å². The Hall–Kier alpha value is -1.75. The van der Waals surface area contributed by atoms with Gasteiger partial charge in [0.2, 0.25) is 6.79 Å². The highest BCUT2D eigenvalue weighted by Crippen LogP contribution is 2.34. The molecule has 0 radical (unpaired) electrons. The number of methoxy groups -OCH3 is 1. The first-order valence-electron chi connectivity index (χ1n) is 6.72. The molecule has 0 saturated carbocycles. The van der Waals surface area contributed by atoms with Gasteiger partial charge in [0.15, 0.2) is 11.5 Å². The van der Waals surface area contributed by atoms with Crippen LogP contribution in [-0.2, 0) is 16.0 Å². The van der Waals surface area contributed by atoms with E-state index < -0.39 is 0 Å². The number of carbonyl (C=O) groups excluding carboxylic acids is 1. The zero-order valence-electron chi connectivity index (χ0n) is 12.0. The van der Waals surface area contributed by atoms with Gasteiger partial charge in [0, 0.05) is 0 Å². The van der Waals surface area contributed by atoms with Crippen molar-refractivity contribution in [1.82, 2.24) is 0 Å². The van der Waals surface area contributed by atoms with Crippen LogP contribution in [0.15, 0.2) is 18.2 Å². The van der Waals surface area contributed by atoms with E-state index in [1.54, 1.807) is 0 Å². The lowest BCUT2D eigenvalue weighted by atomic mass is 9.81. The van der Waals surface area contributed by atoms with Crippen LogP contribution in [0.4, 0.5) is 0 Å². The van der Waals surface area contributed by atoms with Crippen LogP contribution < -0.4 is 15.2 Å². The van der Waals surface area contributed by atoms with Crippen molar-refractivity contribution >= 4 is 5.97 Å². The molecule has 1 aliphatic rings. The van der Waals surface area contributed by atoms with Crippen molar-refractivity contribution in [3.63, 3.8) is 0 Å². The summed E-state index contributed by atoms with van der Waals surface area (Å²) in [6, 6.07) is 5.91. The van der Waals surface area contributed by atoms with Gasteiger partial charge in [-0.3, -0.25) is 4.79 Å². The molecule has 0 bridgehead atoms. The summed E-state index contributed by atoms with van der Waals surface area (Å²) < 4.78 is 15.4. The SMILES string of the molecule is COC(=O)CC(C)(CN)CCc1ccc2c(c1)OCO2. The minimum absolute atomic E-state index is 0.219. The predicted molar refractivity (Wildman–Crippen MR) is 74.7 cm³/mol. The summed E-state index contributed by atoms with van der Waals surface area (Å²) in [6.45, 7) is 2.74. The summed E-state index contributed by atoms with van der Waals surface area (Å²) in [5, 5.41) is 0. The average molecular weight is 279 g/mol. The Kier molecular flexibility index (Phi) is 4.49. The van der Waals surface area contributed by atoms with Gasteiger partial charge >= 0.3 is 5.97 Å². The maximum Gasteiger partial charge on any atom is 0.306 e. The van der Waals surface area contributed by atoms with Gasteiger partial charge in [0.05, 0.1) is 13.5 Å². The second kappa shape index (κ2) is 6.13.